The standard InChI is InChI=1S/C15H17N3O3S/c1-18-9-12(7-14(18)15(16)19)22(20,21)17-8-11-6-10-4-2-3-5-13(10)11/h2-5,7,9,11,17H,6,8H2,1H3,(H2,16,19)/t11-/m1/s1. The predicted octanol–water partition coefficient (Wildman–Crippen LogP) is 0.742. The van der Waals surface area contributed by atoms with Gasteiger partial charge in [0.2, 0.25) is 10.0 Å². The van der Waals surface area contributed by atoms with Crippen LogP contribution in [0.3, 0.4) is 0 Å². The zero-order chi connectivity index (χ0) is 15.9. The molecule has 0 unspecified atom stereocenters. The van der Waals surface area contributed by atoms with Crippen molar-refractivity contribution < 1.29 is 13.2 Å². The fourth-order valence-corrected chi connectivity index (χ4v) is 3.92. The van der Waals surface area contributed by atoms with E-state index >= 15 is 0 Å². The maximum atomic E-state index is 12.3. The SMILES string of the molecule is Cn1cc(S(=O)(=O)NC[C@H]2Cc3ccccc32)cc1C(N)=O. The molecule has 1 aromatic carbocycles. The first-order valence-electron chi connectivity index (χ1n) is 6.92. The Kier molecular flexibility index (Phi) is 3.54. The fraction of sp³-hybridized carbons (Fsp3) is 0.267. The summed E-state index contributed by atoms with van der Waals surface area (Å²) in [5.74, 6) is -0.456. The Bertz CT molecular complexity index is 839. The van der Waals surface area contributed by atoms with Gasteiger partial charge in [-0.05, 0) is 23.6 Å². The van der Waals surface area contributed by atoms with Crippen LogP contribution in [0, 0.1) is 0 Å². The smallest absolute Gasteiger partial charge is 0.265 e. The van der Waals surface area contributed by atoms with Crippen molar-refractivity contribution in [3.63, 3.8) is 0 Å². The van der Waals surface area contributed by atoms with Gasteiger partial charge in [-0.25, -0.2) is 13.1 Å². The van der Waals surface area contributed by atoms with Gasteiger partial charge in [0.15, 0.2) is 0 Å². The van der Waals surface area contributed by atoms with Crippen molar-refractivity contribution in [1.82, 2.24) is 9.29 Å². The van der Waals surface area contributed by atoms with Crippen molar-refractivity contribution in [2.75, 3.05) is 6.54 Å². The number of fused-ring (bicyclic) bond motifs is 1. The Morgan fingerprint density at radius 2 is 2.14 bits per heavy atom. The number of benzene rings is 1. The minimum Gasteiger partial charge on any atom is -0.364 e. The molecule has 0 radical (unpaired) electrons. The molecule has 3 rings (SSSR count). The van der Waals surface area contributed by atoms with E-state index in [1.807, 2.05) is 18.2 Å². The van der Waals surface area contributed by atoms with Gasteiger partial charge < -0.3 is 10.3 Å². The molecule has 0 aliphatic heterocycles. The maximum absolute atomic E-state index is 12.3. The summed E-state index contributed by atoms with van der Waals surface area (Å²) in [5, 5.41) is 0. The summed E-state index contributed by atoms with van der Waals surface area (Å²) in [6.45, 7) is 0.347. The summed E-state index contributed by atoms with van der Waals surface area (Å²) >= 11 is 0. The largest absolute Gasteiger partial charge is 0.364 e. The van der Waals surface area contributed by atoms with Gasteiger partial charge in [-0.2, -0.15) is 0 Å². The van der Waals surface area contributed by atoms with Crippen molar-refractivity contribution in [2.24, 2.45) is 12.8 Å². The molecule has 1 aliphatic rings. The predicted molar refractivity (Wildman–Crippen MR) is 82.0 cm³/mol. The Morgan fingerprint density at radius 3 is 2.77 bits per heavy atom. The lowest BCUT2D eigenvalue weighted by Gasteiger charge is -2.30. The van der Waals surface area contributed by atoms with Crippen LogP contribution in [-0.2, 0) is 23.5 Å². The quantitative estimate of drug-likeness (QED) is 0.851. The van der Waals surface area contributed by atoms with Crippen molar-refractivity contribution in [2.45, 2.75) is 17.2 Å². The highest BCUT2D eigenvalue weighted by Crippen LogP contribution is 2.34. The second kappa shape index (κ2) is 5.26. The Labute approximate surface area is 129 Å². The molecule has 0 fully saturated rings. The minimum absolute atomic E-state index is 0.0522. The topological polar surface area (TPSA) is 94.2 Å². The van der Waals surface area contributed by atoms with E-state index in [0.29, 0.717) is 6.54 Å². The number of aryl methyl sites for hydroxylation is 1. The number of primary amides is 1. The zero-order valence-corrected chi connectivity index (χ0v) is 12.9. The molecule has 0 saturated carbocycles. The number of amides is 1. The number of hydrogen-bond donors (Lipinski definition) is 2. The van der Waals surface area contributed by atoms with Crippen LogP contribution in [0.15, 0.2) is 41.4 Å². The number of aromatic nitrogens is 1. The van der Waals surface area contributed by atoms with Crippen LogP contribution >= 0.6 is 0 Å². The number of carbonyl (C=O) groups excluding carboxylic acids is 1. The van der Waals surface area contributed by atoms with Gasteiger partial charge in [-0.3, -0.25) is 4.79 Å². The van der Waals surface area contributed by atoms with Crippen LogP contribution in [-0.4, -0.2) is 25.4 Å². The van der Waals surface area contributed by atoms with Crippen LogP contribution in [0.25, 0.3) is 0 Å². The summed E-state index contributed by atoms with van der Waals surface area (Å²) in [7, 11) is -2.06. The molecular weight excluding hydrogens is 302 g/mol. The van der Waals surface area contributed by atoms with Gasteiger partial charge in [0.25, 0.3) is 5.91 Å². The van der Waals surface area contributed by atoms with Crippen LogP contribution < -0.4 is 10.5 Å². The van der Waals surface area contributed by atoms with Gasteiger partial charge in [-0.15, -0.1) is 0 Å². The molecule has 22 heavy (non-hydrogen) atoms. The molecule has 0 saturated heterocycles. The summed E-state index contributed by atoms with van der Waals surface area (Å²) in [4.78, 5) is 11.3. The monoisotopic (exact) mass is 319 g/mol. The van der Waals surface area contributed by atoms with Gasteiger partial charge in [0.1, 0.15) is 10.6 Å². The molecule has 116 valence electrons. The van der Waals surface area contributed by atoms with Crippen molar-refractivity contribution >= 4 is 15.9 Å². The van der Waals surface area contributed by atoms with E-state index < -0.39 is 15.9 Å². The summed E-state index contributed by atoms with van der Waals surface area (Å²) < 4.78 is 28.6. The lowest BCUT2D eigenvalue weighted by molar-refractivity contribution is 0.0992. The molecule has 1 amide bonds. The molecule has 2 aromatic rings. The molecule has 0 bridgehead atoms. The van der Waals surface area contributed by atoms with Gasteiger partial charge in [-0.1, -0.05) is 24.3 Å². The second-order valence-electron chi connectivity index (χ2n) is 5.49. The summed E-state index contributed by atoms with van der Waals surface area (Å²) in [5.41, 5.74) is 7.82. The van der Waals surface area contributed by atoms with Crippen LogP contribution in [0.1, 0.15) is 27.5 Å². The number of carbonyl (C=O) groups is 1. The van der Waals surface area contributed by atoms with E-state index in [-0.39, 0.29) is 16.5 Å². The van der Waals surface area contributed by atoms with Crippen LogP contribution in [0.2, 0.25) is 0 Å². The number of nitrogens with one attached hydrogen (secondary N) is 1. The first kappa shape index (κ1) is 14.8. The lowest BCUT2D eigenvalue weighted by atomic mass is 9.78. The van der Waals surface area contributed by atoms with E-state index in [1.165, 1.54) is 28.0 Å². The molecule has 7 heteroatoms. The number of rotatable bonds is 5. The number of hydrogen-bond acceptors (Lipinski definition) is 3. The fourth-order valence-electron chi connectivity index (χ4n) is 2.76. The summed E-state index contributed by atoms with van der Waals surface area (Å²) in [6, 6.07) is 9.30. The van der Waals surface area contributed by atoms with E-state index in [0.717, 1.165) is 6.42 Å². The molecule has 3 N–H and O–H groups in total. The van der Waals surface area contributed by atoms with Crippen molar-refractivity contribution in [3.8, 4) is 0 Å². The lowest BCUT2D eigenvalue weighted by Crippen LogP contribution is -2.33. The third kappa shape index (κ3) is 2.53. The van der Waals surface area contributed by atoms with Crippen molar-refractivity contribution in [1.29, 1.82) is 0 Å². The third-order valence-electron chi connectivity index (χ3n) is 4.02. The molecule has 6 nitrogen and oxygen atoms in total. The van der Waals surface area contributed by atoms with Gasteiger partial charge >= 0.3 is 0 Å². The number of nitrogens with two attached hydrogens (primary N) is 1. The maximum Gasteiger partial charge on any atom is 0.265 e. The van der Waals surface area contributed by atoms with E-state index in [2.05, 4.69) is 10.8 Å². The van der Waals surface area contributed by atoms with Crippen molar-refractivity contribution in [3.05, 3.63) is 53.3 Å². The Hall–Kier alpha value is -2.12. The average Bonchev–Trinajstić information content (AvgIpc) is 2.83. The molecule has 1 atom stereocenters. The highest BCUT2D eigenvalue weighted by atomic mass is 32.2. The van der Waals surface area contributed by atoms with E-state index in [4.69, 9.17) is 5.73 Å². The van der Waals surface area contributed by atoms with Crippen LogP contribution in [0.4, 0.5) is 0 Å². The first-order valence-corrected chi connectivity index (χ1v) is 8.40. The Morgan fingerprint density at radius 1 is 1.41 bits per heavy atom. The van der Waals surface area contributed by atoms with E-state index in [9.17, 15) is 13.2 Å². The first-order chi connectivity index (χ1) is 10.4. The number of nitrogens with zero attached hydrogens (tertiary/aromatic N) is 1. The normalized spacial score (nSPS) is 16.9. The van der Waals surface area contributed by atoms with Gasteiger partial charge in [0.05, 0.1) is 0 Å². The average molecular weight is 319 g/mol. The minimum atomic E-state index is -3.65. The molecule has 0 spiro atoms. The highest BCUT2D eigenvalue weighted by molar-refractivity contribution is 7.89. The zero-order valence-electron chi connectivity index (χ0n) is 12.1. The third-order valence-corrected chi connectivity index (χ3v) is 5.41. The summed E-state index contributed by atoms with van der Waals surface area (Å²) in [6.07, 6.45) is 2.26. The van der Waals surface area contributed by atoms with E-state index in [1.54, 1.807) is 7.05 Å². The number of sulfonamides is 1. The van der Waals surface area contributed by atoms with Crippen LogP contribution in [0.5, 0.6) is 0 Å². The second-order valence-corrected chi connectivity index (χ2v) is 7.25. The molecule has 1 heterocycles. The molecule has 1 aliphatic carbocycles. The molecule has 1 aromatic heterocycles. The highest BCUT2D eigenvalue weighted by Gasteiger charge is 2.27. The van der Waals surface area contributed by atoms with Gasteiger partial charge in [0, 0.05) is 25.7 Å². The Balaban J connectivity index is 1.73. The molecular formula is C15H17N3O3S.